The van der Waals surface area contributed by atoms with E-state index in [1.54, 1.807) is 35.9 Å². The van der Waals surface area contributed by atoms with E-state index in [2.05, 4.69) is 4.98 Å². The van der Waals surface area contributed by atoms with Crippen LogP contribution in [0.5, 0.6) is 5.75 Å². The van der Waals surface area contributed by atoms with Crippen molar-refractivity contribution in [3.63, 3.8) is 0 Å². The van der Waals surface area contributed by atoms with Crippen LogP contribution < -0.4 is 10.5 Å². The van der Waals surface area contributed by atoms with Gasteiger partial charge in [0.25, 0.3) is 0 Å². The number of fused-ring (bicyclic) bond motifs is 1. The second-order valence-corrected chi connectivity index (χ2v) is 5.07. The number of hydrogen-bond acceptors (Lipinski definition) is 3. The van der Waals surface area contributed by atoms with Gasteiger partial charge in [-0.25, -0.2) is 4.98 Å². The van der Waals surface area contributed by atoms with Gasteiger partial charge in [-0.1, -0.05) is 29.3 Å². The van der Waals surface area contributed by atoms with Gasteiger partial charge in [-0.3, -0.25) is 4.57 Å². The Morgan fingerprint density at radius 2 is 2.00 bits per heavy atom. The third-order valence-corrected chi connectivity index (χ3v) is 3.58. The molecule has 0 bridgehead atoms. The lowest BCUT2D eigenvalue weighted by Crippen LogP contribution is -2.02. The van der Waals surface area contributed by atoms with E-state index in [-0.39, 0.29) is 0 Å². The molecule has 0 radical (unpaired) electrons. The van der Waals surface area contributed by atoms with Crippen LogP contribution in [0, 0.1) is 0 Å². The zero-order valence-corrected chi connectivity index (χ0v) is 12.1. The van der Waals surface area contributed by atoms with Crippen molar-refractivity contribution in [1.29, 1.82) is 0 Å². The molecule has 0 fully saturated rings. The summed E-state index contributed by atoms with van der Waals surface area (Å²) < 4.78 is 7.13. The van der Waals surface area contributed by atoms with Gasteiger partial charge in [-0.2, -0.15) is 0 Å². The molecule has 20 heavy (non-hydrogen) atoms. The maximum atomic E-state index is 6.15. The molecule has 0 aliphatic carbocycles. The van der Waals surface area contributed by atoms with Crippen LogP contribution in [-0.4, -0.2) is 16.7 Å². The number of nitrogen functional groups attached to an aromatic ring is 1. The minimum Gasteiger partial charge on any atom is -0.495 e. The van der Waals surface area contributed by atoms with Crippen LogP contribution >= 0.6 is 23.2 Å². The summed E-state index contributed by atoms with van der Waals surface area (Å²) in [5.74, 6) is 0.981. The van der Waals surface area contributed by atoms with E-state index in [4.69, 9.17) is 33.7 Å². The lowest BCUT2D eigenvalue weighted by molar-refractivity contribution is 0.413. The van der Waals surface area contributed by atoms with Gasteiger partial charge in [0.1, 0.15) is 11.3 Å². The summed E-state index contributed by atoms with van der Waals surface area (Å²) in [5.41, 5.74) is 8.20. The standard InChI is InChI=1S/C14H11Cl2N3O/c1-20-12-6-5-8(15)7-11(12)19-10-4-2-3-9(16)13(10)18-14(19)17/h2-7H,1H3,(H2,17,18). The quantitative estimate of drug-likeness (QED) is 0.780. The number of imidazole rings is 1. The minimum absolute atomic E-state index is 0.327. The maximum Gasteiger partial charge on any atom is 0.206 e. The molecule has 0 atom stereocenters. The van der Waals surface area contributed by atoms with Gasteiger partial charge < -0.3 is 10.5 Å². The van der Waals surface area contributed by atoms with Crippen molar-refractivity contribution in [3.8, 4) is 11.4 Å². The molecular formula is C14H11Cl2N3O. The van der Waals surface area contributed by atoms with Gasteiger partial charge in [0.05, 0.1) is 23.3 Å². The molecule has 4 nitrogen and oxygen atoms in total. The van der Waals surface area contributed by atoms with Crippen molar-refractivity contribution in [2.75, 3.05) is 12.8 Å². The van der Waals surface area contributed by atoms with Crippen molar-refractivity contribution in [1.82, 2.24) is 9.55 Å². The highest BCUT2D eigenvalue weighted by atomic mass is 35.5. The van der Waals surface area contributed by atoms with E-state index in [9.17, 15) is 0 Å². The zero-order chi connectivity index (χ0) is 14.3. The molecule has 0 spiro atoms. The third kappa shape index (κ3) is 1.97. The first kappa shape index (κ1) is 13.1. The Balaban J connectivity index is 2.38. The molecule has 0 aliphatic rings. The van der Waals surface area contributed by atoms with Crippen molar-refractivity contribution in [3.05, 3.63) is 46.4 Å². The topological polar surface area (TPSA) is 53.1 Å². The molecular weight excluding hydrogens is 297 g/mol. The summed E-state index contributed by atoms with van der Waals surface area (Å²) in [7, 11) is 1.59. The number of hydrogen-bond donors (Lipinski definition) is 1. The van der Waals surface area contributed by atoms with Crippen LogP contribution in [-0.2, 0) is 0 Å². The van der Waals surface area contributed by atoms with Gasteiger partial charge >= 0.3 is 0 Å². The Hall–Kier alpha value is -1.91. The van der Waals surface area contributed by atoms with Crippen molar-refractivity contribution >= 4 is 40.2 Å². The molecule has 1 heterocycles. The number of nitrogens with two attached hydrogens (primary N) is 1. The lowest BCUT2D eigenvalue weighted by Gasteiger charge is -2.12. The number of para-hydroxylation sites is 1. The normalized spacial score (nSPS) is 10.9. The average Bonchev–Trinajstić information content (AvgIpc) is 2.76. The molecule has 2 aromatic carbocycles. The smallest absolute Gasteiger partial charge is 0.206 e. The highest BCUT2D eigenvalue weighted by Gasteiger charge is 2.15. The summed E-state index contributed by atoms with van der Waals surface area (Å²) in [6, 6.07) is 10.8. The Morgan fingerprint density at radius 3 is 2.75 bits per heavy atom. The van der Waals surface area contributed by atoms with Crippen LogP contribution in [0.1, 0.15) is 0 Å². The van der Waals surface area contributed by atoms with E-state index in [0.717, 1.165) is 11.2 Å². The van der Waals surface area contributed by atoms with E-state index < -0.39 is 0 Å². The van der Waals surface area contributed by atoms with Gasteiger partial charge in [-0.15, -0.1) is 0 Å². The predicted molar refractivity (Wildman–Crippen MR) is 82.1 cm³/mol. The molecule has 0 amide bonds. The van der Waals surface area contributed by atoms with Gasteiger partial charge in [0, 0.05) is 5.02 Å². The van der Waals surface area contributed by atoms with Gasteiger partial charge in [-0.05, 0) is 30.3 Å². The van der Waals surface area contributed by atoms with E-state index in [0.29, 0.717) is 27.3 Å². The maximum absolute atomic E-state index is 6.15. The first-order chi connectivity index (χ1) is 9.61. The molecule has 3 aromatic rings. The van der Waals surface area contributed by atoms with Gasteiger partial charge in [0.15, 0.2) is 0 Å². The number of benzene rings is 2. The second kappa shape index (κ2) is 4.89. The number of halogens is 2. The van der Waals surface area contributed by atoms with Gasteiger partial charge in [0.2, 0.25) is 5.95 Å². The Morgan fingerprint density at radius 1 is 1.20 bits per heavy atom. The number of ether oxygens (including phenoxy) is 1. The molecule has 0 unspecified atom stereocenters. The monoisotopic (exact) mass is 307 g/mol. The fourth-order valence-electron chi connectivity index (χ4n) is 2.17. The van der Waals surface area contributed by atoms with Crippen LogP contribution in [0.2, 0.25) is 10.0 Å². The predicted octanol–water partition coefficient (Wildman–Crippen LogP) is 3.92. The van der Waals surface area contributed by atoms with Crippen LogP contribution in [0.4, 0.5) is 5.95 Å². The fourth-order valence-corrected chi connectivity index (χ4v) is 2.55. The lowest BCUT2D eigenvalue weighted by atomic mass is 10.2. The molecule has 0 saturated heterocycles. The Labute approximate surface area is 125 Å². The zero-order valence-electron chi connectivity index (χ0n) is 10.6. The molecule has 0 saturated carbocycles. The second-order valence-electron chi connectivity index (χ2n) is 4.23. The molecule has 102 valence electrons. The highest BCUT2D eigenvalue weighted by molar-refractivity contribution is 6.35. The van der Waals surface area contributed by atoms with E-state index >= 15 is 0 Å². The molecule has 6 heteroatoms. The SMILES string of the molecule is COc1ccc(Cl)cc1-n1c(N)nc2c(Cl)cccc21. The van der Waals surface area contributed by atoms with Crippen LogP contribution in [0.3, 0.4) is 0 Å². The third-order valence-electron chi connectivity index (χ3n) is 3.04. The number of anilines is 1. The number of rotatable bonds is 2. The van der Waals surface area contributed by atoms with Crippen LogP contribution in [0.15, 0.2) is 36.4 Å². The Kier molecular flexibility index (Phi) is 3.20. The summed E-state index contributed by atoms with van der Waals surface area (Å²) in [5, 5.41) is 1.14. The molecule has 0 aliphatic heterocycles. The highest BCUT2D eigenvalue weighted by Crippen LogP contribution is 2.33. The Bertz CT molecular complexity index is 798. The summed E-state index contributed by atoms with van der Waals surface area (Å²) >= 11 is 12.2. The van der Waals surface area contributed by atoms with Crippen LogP contribution in [0.25, 0.3) is 16.7 Å². The average molecular weight is 308 g/mol. The molecule has 3 rings (SSSR count). The van der Waals surface area contributed by atoms with E-state index in [1.165, 1.54) is 0 Å². The summed E-state index contributed by atoms with van der Waals surface area (Å²) in [4.78, 5) is 4.30. The largest absolute Gasteiger partial charge is 0.495 e. The van der Waals surface area contributed by atoms with Crippen molar-refractivity contribution in [2.45, 2.75) is 0 Å². The first-order valence-electron chi connectivity index (χ1n) is 5.88. The van der Waals surface area contributed by atoms with Crippen molar-refractivity contribution in [2.24, 2.45) is 0 Å². The summed E-state index contributed by atoms with van der Waals surface area (Å²) in [6.45, 7) is 0. The van der Waals surface area contributed by atoms with E-state index in [1.807, 2.05) is 12.1 Å². The van der Waals surface area contributed by atoms with Crippen molar-refractivity contribution < 1.29 is 4.74 Å². The first-order valence-corrected chi connectivity index (χ1v) is 6.64. The number of aromatic nitrogens is 2. The minimum atomic E-state index is 0.327. The fraction of sp³-hybridized carbons (Fsp3) is 0.0714. The summed E-state index contributed by atoms with van der Waals surface area (Å²) in [6.07, 6.45) is 0. The number of nitrogens with zero attached hydrogens (tertiary/aromatic N) is 2. The number of methoxy groups -OCH3 is 1. The molecule has 1 aromatic heterocycles. The molecule has 2 N–H and O–H groups in total.